The van der Waals surface area contributed by atoms with Crippen molar-refractivity contribution in [3.05, 3.63) is 23.9 Å². The Morgan fingerprint density at radius 2 is 2.20 bits per heavy atom. The van der Waals surface area contributed by atoms with Crippen LogP contribution in [0.3, 0.4) is 0 Å². The summed E-state index contributed by atoms with van der Waals surface area (Å²) in [5.41, 5.74) is 2.36. The van der Waals surface area contributed by atoms with Crippen molar-refractivity contribution in [1.29, 1.82) is 0 Å². The molecule has 1 unspecified atom stereocenters. The van der Waals surface area contributed by atoms with Gasteiger partial charge in [-0.05, 0) is 18.9 Å². The molecule has 104 valence electrons. The zero-order chi connectivity index (χ0) is 14.1. The molecule has 0 radical (unpaired) electrons. The normalized spacial score (nSPS) is 23.6. The van der Waals surface area contributed by atoms with Crippen LogP contribution in [0.15, 0.2) is 34.0 Å². The molecule has 8 nitrogen and oxygen atoms in total. The number of nitrogens with one attached hydrogen (secondary N) is 2. The van der Waals surface area contributed by atoms with Crippen LogP contribution in [-0.2, 0) is 9.59 Å². The average Bonchev–Trinajstić information content (AvgIpc) is 3.30. The number of aliphatic imine (C=N–C) groups is 1. The van der Waals surface area contributed by atoms with Crippen LogP contribution < -0.4 is 16.6 Å². The second kappa shape index (κ2) is 4.89. The van der Waals surface area contributed by atoms with E-state index in [0.717, 1.165) is 12.8 Å². The fourth-order valence-corrected chi connectivity index (χ4v) is 1.96. The largest absolute Gasteiger partial charge is 0.293 e. The van der Waals surface area contributed by atoms with Gasteiger partial charge in [0.05, 0.1) is 0 Å². The number of rotatable bonds is 2. The second-order valence-corrected chi connectivity index (χ2v) is 4.71. The van der Waals surface area contributed by atoms with Gasteiger partial charge in [0.1, 0.15) is 11.7 Å². The van der Waals surface area contributed by atoms with Crippen molar-refractivity contribution in [3.8, 4) is 0 Å². The Morgan fingerprint density at radius 3 is 2.90 bits per heavy atom. The van der Waals surface area contributed by atoms with E-state index < -0.39 is 5.91 Å². The van der Waals surface area contributed by atoms with Gasteiger partial charge < -0.3 is 0 Å². The van der Waals surface area contributed by atoms with E-state index >= 15 is 0 Å². The third-order valence-electron chi connectivity index (χ3n) is 3.19. The van der Waals surface area contributed by atoms with Gasteiger partial charge in [-0.3, -0.25) is 20.3 Å². The molecule has 0 aromatic carbocycles. The van der Waals surface area contributed by atoms with Crippen LogP contribution in [0, 0.1) is 5.92 Å². The van der Waals surface area contributed by atoms with Gasteiger partial charge in [0.25, 0.3) is 5.91 Å². The maximum Gasteiger partial charge on any atom is 0.283 e. The molecule has 0 spiro atoms. The zero-order valence-electron chi connectivity index (χ0n) is 10.6. The van der Waals surface area contributed by atoms with Gasteiger partial charge in [0.15, 0.2) is 0 Å². The van der Waals surface area contributed by atoms with Crippen molar-refractivity contribution in [2.24, 2.45) is 21.9 Å². The van der Waals surface area contributed by atoms with Crippen LogP contribution in [-0.4, -0.2) is 35.0 Å². The molecule has 0 bridgehead atoms. The lowest BCUT2D eigenvalue weighted by Gasteiger charge is -2.30. The molecule has 0 aromatic heterocycles. The molecule has 0 aromatic rings. The van der Waals surface area contributed by atoms with E-state index in [0.29, 0.717) is 5.70 Å². The molecule has 3 aliphatic rings. The number of carbonyl (C=O) groups is 2. The minimum Gasteiger partial charge on any atom is -0.293 e. The van der Waals surface area contributed by atoms with E-state index in [1.165, 1.54) is 5.01 Å². The molecule has 1 fully saturated rings. The summed E-state index contributed by atoms with van der Waals surface area (Å²) in [4.78, 5) is 27.5. The van der Waals surface area contributed by atoms with Gasteiger partial charge in [-0.15, -0.1) is 5.10 Å². The topological polar surface area (TPSA) is 112 Å². The van der Waals surface area contributed by atoms with E-state index in [1.807, 2.05) is 6.08 Å². The van der Waals surface area contributed by atoms with Crippen LogP contribution in [0.5, 0.6) is 0 Å². The third kappa shape index (κ3) is 2.32. The number of allylic oxidation sites excluding steroid dienone is 2. The van der Waals surface area contributed by atoms with E-state index in [1.54, 1.807) is 18.4 Å². The fraction of sp³-hybridized carbons (Fsp3) is 0.333. The minimum atomic E-state index is -0.453. The van der Waals surface area contributed by atoms with Crippen molar-refractivity contribution >= 4 is 24.0 Å². The predicted octanol–water partition coefficient (Wildman–Crippen LogP) is -1.02. The Labute approximate surface area is 115 Å². The van der Waals surface area contributed by atoms with Gasteiger partial charge in [-0.2, -0.15) is 0 Å². The first kappa shape index (κ1) is 12.5. The molecule has 1 atom stereocenters. The molecule has 8 heteroatoms. The maximum atomic E-state index is 11.7. The molecule has 2 amide bonds. The van der Waals surface area contributed by atoms with Gasteiger partial charge in [0, 0.05) is 12.1 Å². The number of hydrogen-bond acceptors (Lipinski definition) is 6. The van der Waals surface area contributed by atoms with Gasteiger partial charge in [-0.25, -0.2) is 15.8 Å². The van der Waals surface area contributed by atoms with Gasteiger partial charge >= 0.3 is 0 Å². The lowest BCUT2D eigenvalue weighted by Crippen LogP contribution is -2.45. The Hall–Kier alpha value is -2.48. The smallest absolute Gasteiger partial charge is 0.283 e. The highest BCUT2D eigenvalue weighted by Gasteiger charge is 2.32. The number of carbonyl (C=O) groups excluding carboxylic acids is 2. The number of hydrazine groups is 1. The molecular formula is C12H14N6O2. The highest BCUT2D eigenvalue weighted by atomic mass is 16.2. The summed E-state index contributed by atoms with van der Waals surface area (Å²) < 4.78 is 0. The van der Waals surface area contributed by atoms with E-state index in [4.69, 9.17) is 5.84 Å². The number of amides is 2. The highest BCUT2D eigenvalue weighted by Crippen LogP contribution is 2.29. The van der Waals surface area contributed by atoms with E-state index in [2.05, 4.69) is 20.8 Å². The first-order chi connectivity index (χ1) is 9.69. The molecule has 4 N–H and O–H groups in total. The Bertz CT molecular complexity index is 572. The first-order valence-corrected chi connectivity index (χ1v) is 6.31. The summed E-state index contributed by atoms with van der Waals surface area (Å²) in [6, 6.07) is -0.256. The van der Waals surface area contributed by atoms with Crippen molar-refractivity contribution in [1.82, 2.24) is 15.8 Å². The number of hydrazone groups is 1. The molecule has 1 aliphatic carbocycles. The monoisotopic (exact) mass is 274 g/mol. The quantitative estimate of drug-likeness (QED) is 0.340. The lowest BCUT2D eigenvalue weighted by atomic mass is 10.1. The summed E-state index contributed by atoms with van der Waals surface area (Å²) in [6.07, 6.45) is 8.59. The molecule has 20 heavy (non-hydrogen) atoms. The average molecular weight is 274 g/mol. The highest BCUT2D eigenvalue weighted by molar-refractivity contribution is 6.03. The summed E-state index contributed by atoms with van der Waals surface area (Å²) in [7, 11) is 0. The number of guanidine groups is 1. The van der Waals surface area contributed by atoms with Crippen LogP contribution in [0.2, 0.25) is 0 Å². The van der Waals surface area contributed by atoms with Crippen LogP contribution in [0.1, 0.15) is 12.8 Å². The second-order valence-electron chi connectivity index (χ2n) is 4.71. The van der Waals surface area contributed by atoms with E-state index in [9.17, 15) is 9.59 Å². The fourth-order valence-electron chi connectivity index (χ4n) is 1.96. The van der Waals surface area contributed by atoms with Gasteiger partial charge in [0.2, 0.25) is 11.9 Å². The number of nitrogens with zero attached hydrogens (tertiary/aromatic N) is 3. The van der Waals surface area contributed by atoms with Crippen LogP contribution in [0.25, 0.3) is 0 Å². The van der Waals surface area contributed by atoms with Crippen molar-refractivity contribution in [2.45, 2.75) is 18.9 Å². The van der Waals surface area contributed by atoms with Crippen molar-refractivity contribution < 1.29 is 9.59 Å². The molecular weight excluding hydrogens is 260 g/mol. The van der Waals surface area contributed by atoms with Gasteiger partial charge in [-0.1, -0.05) is 12.2 Å². The summed E-state index contributed by atoms with van der Waals surface area (Å²) in [6.45, 7) is 0. The Balaban J connectivity index is 1.79. The first-order valence-electron chi connectivity index (χ1n) is 6.31. The molecule has 2 aliphatic heterocycles. The summed E-state index contributed by atoms with van der Waals surface area (Å²) >= 11 is 0. The minimum absolute atomic E-state index is 0.0641. The van der Waals surface area contributed by atoms with Crippen LogP contribution >= 0.6 is 0 Å². The third-order valence-corrected chi connectivity index (χ3v) is 3.19. The van der Waals surface area contributed by atoms with Crippen molar-refractivity contribution in [2.75, 3.05) is 0 Å². The Morgan fingerprint density at radius 1 is 1.40 bits per heavy atom. The molecule has 1 saturated carbocycles. The maximum absolute atomic E-state index is 11.7. The molecule has 2 heterocycles. The number of fused-ring (bicyclic) bond motifs is 1. The summed E-state index contributed by atoms with van der Waals surface area (Å²) in [5.74, 6) is 4.86. The van der Waals surface area contributed by atoms with E-state index in [-0.39, 0.29) is 23.8 Å². The molecule has 0 saturated heterocycles. The zero-order valence-corrected chi connectivity index (χ0v) is 10.6. The predicted molar refractivity (Wildman–Crippen MR) is 72.0 cm³/mol. The number of nitrogens with two attached hydrogens (primary N) is 1. The lowest BCUT2D eigenvalue weighted by molar-refractivity contribution is -0.121. The standard InChI is InChI=1S/C12H14N6O2/c13-16-11(20)9-3-1-2-8-6-14-12(17-18(8)9)15-10(19)7-4-5-7/h1-3,6-8H,4-5,13H2,(H,16,20)(H,15,17,19). The van der Waals surface area contributed by atoms with Crippen molar-refractivity contribution in [3.63, 3.8) is 0 Å². The Kier molecular flexibility index (Phi) is 3.07. The molecule has 3 rings (SSSR count). The van der Waals surface area contributed by atoms with Crippen LogP contribution in [0.4, 0.5) is 0 Å². The summed E-state index contributed by atoms with van der Waals surface area (Å²) in [5, 5.41) is 8.31. The SMILES string of the molecule is NNC(=O)C1=CC=CC2C=NC(NC(=O)C3CC3)=NN12. The number of hydrogen-bond donors (Lipinski definition) is 3.